The lowest BCUT2D eigenvalue weighted by atomic mass is 10.1. The Morgan fingerprint density at radius 3 is 2.27 bits per heavy atom. The second-order valence-corrected chi connectivity index (χ2v) is 8.81. The van der Waals surface area contributed by atoms with Crippen LogP contribution in [0.15, 0.2) is 52.0 Å². The Hall–Kier alpha value is -2.74. The summed E-state index contributed by atoms with van der Waals surface area (Å²) in [5.74, 6) is 0.480. The van der Waals surface area contributed by atoms with Gasteiger partial charge in [-0.05, 0) is 42.2 Å². The van der Waals surface area contributed by atoms with Gasteiger partial charge in [-0.25, -0.2) is 5.43 Å². The number of nitrogens with one attached hydrogen (secondary N) is 1. The Morgan fingerprint density at radius 2 is 1.73 bits per heavy atom. The van der Waals surface area contributed by atoms with E-state index < -0.39 is 4.92 Å². The summed E-state index contributed by atoms with van der Waals surface area (Å²) in [6.07, 6.45) is 1.47. The molecule has 0 atom stereocenters. The zero-order valence-corrected chi connectivity index (χ0v) is 19.2. The van der Waals surface area contributed by atoms with Crippen molar-refractivity contribution in [3.05, 3.63) is 68.2 Å². The third-order valence-corrected chi connectivity index (χ3v) is 4.74. The zero-order chi connectivity index (χ0) is 22.3. The fourth-order valence-electron chi connectivity index (χ4n) is 3.03. The molecule has 1 amide bonds. The summed E-state index contributed by atoms with van der Waals surface area (Å²) in [6.45, 7) is 10.1. The highest BCUT2D eigenvalue weighted by Gasteiger charge is 2.17. The topological polar surface area (TPSA) is 87.8 Å². The molecule has 0 spiro atoms. The van der Waals surface area contributed by atoms with Gasteiger partial charge in [0.1, 0.15) is 0 Å². The highest BCUT2D eigenvalue weighted by atomic mass is 79.9. The van der Waals surface area contributed by atoms with Gasteiger partial charge in [-0.2, -0.15) is 5.10 Å². The van der Waals surface area contributed by atoms with Crippen molar-refractivity contribution in [1.82, 2.24) is 5.43 Å². The average Bonchev–Trinajstić information content (AvgIpc) is 2.67. The molecule has 0 aliphatic rings. The van der Waals surface area contributed by atoms with Gasteiger partial charge in [0.2, 0.25) is 0 Å². The monoisotopic (exact) mass is 474 g/mol. The Kier molecular flexibility index (Phi) is 8.53. The van der Waals surface area contributed by atoms with Crippen LogP contribution in [0.1, 0.15) is 43.6 Å². The lowest BCUT2D eigenvalue weighted by Gasteiger charge is -2.29. The smallest absolute Gasteiger partial charge is 0.271 e. The van der Waals surface area contributed by atoms with E-state index in [-0.39, 0.29) is 11.6 Å². The van der Waals surface area contributed by atoms with Gasteiger partial charge in [0.15, 0.2) is 0 Å². The van der Waals surface area contributed by atoms with E-state index in [0.29, 0.717) is 23.0 Å². The van der Waals surface area contributed by atoms with Crippen molar-refractivity contribution in [1.29, 1.82) is 0 Å². The number of hydrazone groups is 1. The van der Waals surface area contributed by atoms with Gasteiger partial charge < -0.3 is 4.90 Å². The molecule has 0 aromatic heterocycles. The Balaban J connectivity index is 2.31. The average molecular weight is 475 g/mol. The van der Waals surface area contributed by atoms with Gasteiger partial charge in [-0.1, -0.05) is 43.6 Å². The molecule has 2 aromatic rings. The largest absolute Gasteiger partial charge is 0.370 e. The number of carbonyl (C=O) groups is 1. The van der Waals surface area contributed by atoms with Gasteiger partial charge in [0, 0.05) is 46.5 Å². The van der Waals surface area contributed by atoms with E-state index in [1.165, 1.54) is 18.3 Å². The summed E-state index contributed by atoms with van der Waals surface area (Å²) in [7, 11) is 0. The van der Waals surface area contributed by atoms with Gasteiger partial charge in [0.05, 0.1) is 11.1 Å². The van der Waals surface area contributed by atoms with Gasteiger partial charge >= 0.3 is 0 Å². The molecule has 0 bridgehead atoms. The molecule has 0 aliphatic carbocycles. The lowest BCUT2D eigenvalue weighted by molar-refractivity contribution is -0.384. The number of non-ortho nitro benzene ring substituents is 1. The number of halogens is 1. The van der Waals surface area contributed by atoms with Crippen LogP contribution in [-0.4, -0.2) is 30.1 Å². The molecule has 160 valence electrons. The maximum atomic E-state index is 12.3. The molecule has 0 aliphatic heterocycles. The summed E-state index contributed by atoms with van der Waals surface area (Å²) in [5.41, 5.74) is 4.37. The van der Waals surface area contributed by atoms with Crippen molar-refractivity contribution in [3.63, 3.8) is 0 Å². The molecule has 0 saturated carbocycles. The Labute approximate surface area is 185 Å². The van der Waals surface area contributed by atoms with Crippen molar-refractivity contribution >= 4 is 39.4 Å². The minimum absolute atomic E-state index is 0.0199. The van der Waals surface area contributed by atoms with Crippen LogP contribution >= 0.6 is 15.9 Å². The van der Waals surface area contributed by atoms with Crippen molar-refractivity contribution in [2.24, 2.45) is 16.9 Å². The van der Waals surface area contributed by atoms with Crippen LogP contribution in [0.5, 0.6) is 0 Å². The highest BCUT2D eigenvalue weighted by molar-refractivity contribution is 9.10. The van der Waals surface area contributed by atoms with E-state index in [4.69, 9.17) is 0 Å². The van der Waals surface area contributed by atoms with E-state index in [1.807, 2.05) is 0 Å². The SMILES string of the molecule is CC(C)CN(CC(C)C)c1ccc([N+](=O)[O-])cc1/C=N\NC(=O)c1ccc(Br)cc1. The number of hydrogen-bond donors (Lipinski definition) is 1. The number of carbonyl (C=O) groups excluding carboxylic acids is 1. The number of amides is 1. The van der Waals surface area contributed by atoms with Crippen LogP contribution in [-0.2, 0) is 0 Å². The molecule has 0 heterocycles. The minimum atomic E-state index is -0.434. The maximum Gasteiger partial charge on any atom is 0.271 e. The van der Waals surface area contributed by atoms with Crippen LogP contribution in [0, 0.1) is 22.0 Å². The fourth-order valence-corrected chi connectivity index (χ4v) is 3.29. The third-order valence-electron chi connectivity index (χ3n) is 4.21. The van der Waals surface area contributed by atoms with Gasteiger partial charge in [0.25, 0.3) is 11.6 Å². The summed E-state index contributed by atoms with van der Waals surface area (Å²) >= 11 is 3.33. The Bertz CT molecular complexity index is 901. The van der Waals surface area contributed by atoms with Crippen molar-refractivity contribution < 1.29 is 9.72 Å². The standard InChI is InChI=1S/C22H27BrN4O3/c1-15(2)13-26(14-16(3)4)21-10-9-20(27(29)30)11-18(21)12-24-25-22(28)17-5-7-19(23)8-6-17/h5-12,15-16H,13-14H2,1-4H3,(H,25,28)/b24-12-. The van der Waals surface area contributed by atoms with Crippen molar-refractivity contribution in [2.75, 3.05) is 18.0 Å². The van der Waals surface area contributed by atoms with Crippen molar-refractivity contribution in [2.45, 2.75) is 27.7 Å². The highest BCUT2D eigenvalue weighted by Crippen LogP contribution is 2.26. The molecule has 2 rings (SSSR count). The molecular formula is C22H27BrN4O3. The number of nitro benzene ring substituents is 1. The summed E-state index contributed by atoms with van der Waals surface area (Å²) < 4.78 is 0.874. The first-order valence-electron chi connectivity index (χ1n) is 9.79. The fraction of sp³-hybridized carbons (Fsp3) is 0.364. The molecule has 0 fully saturated rings. The lowest BCUT2D eigenvalue weighted by Crippen LogP contribution is -2.32. The summed E-state index contributed by atoms with van der Waals surface area (Å²) in [6, 6.07) is 11.6. The molecular weight excluding hydrogens is 448 g/mol. The predicted octanol–water partition coefficient (Wildman–Crippen LogP) is 5.24. The molecule has 0 saturated heterocycles. The van der Waals surface area contributed by atoms with Crippen LogP contribution in [0.4, 0.5) is 11.4 Å². The Morgan fingerprint density at radius 1 is 1.13 bits per heavy atom. The number of anilines is 1. The number of rotatable bonds is 9. The van der Waals surface area contributed by atoms with E-state index in [0.717, 1.165) is 23.2 Å². The molecule has 2 aromatic carbocycles. The molecule has 30 heavy (non-hydrogen) atoms. The number of hydrogen-bond acceptors (Lipinski definition) is 5. The third kappa shape index (κ3) is 6.95. The molecule has 8 heteroatoms. The first kappa shape index (κ1) is 23.5. The number of benzene rings is 2. The molecule has 0 unspecified atom stereocenters. The normalized spacial score (nSPS) is 11.3. The number of nitrogens with zero attached hydrogens (tertiary/aromatic N) is 3. The van der Waals surface area contributed by atoms with E-state index in [2.05, 4.69) is 59.1 Å². The second kappa shape index (κ2) is 10.9. The minimum Gasteiger partial charge on any atom is -0.370 e. The first-order valence-corrected chi connectivity index (χ1v) is 10.6. The second-order valence-electron chi connectivity index (χ2n) is 7.90. The number of nitro groups is 1. The van der Waals surface area contributed by atoms with Gasteiger partial charge in [-0.3, -0.25) is 14.9 Å². The predicted molar refractivity (Wildman–Crippen MR) is 124 cm³/mol. The summed E-state index contributed by atoms with van der Waals surface area (Å²) in [4.78, 5) is 25.3. The summed E-state index contributed by atoms with van der Waals surface area (Å²) in [5, 5.41) is 15.3. The molecule has 0 radical (unpaired) electrons. The van der Waals surface area contributed by atoms with Crippen LogP contribution < -0.4 is 10.3 Å². The van der Waals surface area contributed by atoms with Crippen LogP contribution in [0.3, 0.4) is 0 Å². The maximum absolute atomic E-state index is 12.3. The van der Waals surface area contributed by atoms with E-state index in [1.54, 1.807) is 30.3 Å². The molecule has 1 N–H and O–H groups in total. The first-order chi connectivity index (χ1) is 14.2. The quantitative estimate of drug-likeness (QED) is 0.305. The zero-order valence-electron chi connectivity index (χ0n) is 17.6. The van der Waals surface area contributed by atoms with E-state index in [9.17, 15) is 14.9 Å². The molecule has 7 nitrogen and oxygen atoms in total. The van der Waals surface area contributed by atoms with Gasteiger partial charge in [-0.15, -0.1) is 0 Å². The van der Waals surface area contributed by atoms with Crippen LogP contribution in [0.2, 0.25) is 0 Å². The van der Waals surface area contributed by atoms with Crippen LogP contribution in [0.25, 0.3) is 0 Å². The van der Waals surface area contributed by atoms with E-state index >= 15 is 0 Å². The van der Waals surface area contributed by atoms with Crippen molar-refractivity contribution in [3.8, 4) is 0 Å².